The lowest BCUT2D eigenvalue weighted by molar-refractivity contribution is -0.274. The highest BCUT2D eigenvalue weighted by Crippen LogP contribution is 2.34. The van der Waals surface area contributed by atoms with Crippen LogP contribution in [0, 0.1) is 0 Å². The van der Waals surface area contributed by atoms with Gasteiger partial charge < -0.3 is 44.0 Å². The van der Waals surface area contributed by atoms with Gasteiger partial charge in [0.2, 0.25) is 0 Å². The number of benzene rings is 5. The van der Waals surface area contributed by atoms with Crippen LogP contribution in [-0.2, 0) is 61.5 Å². The van der Waals surface area contributed by atoms with Gasteiger partial charge in [-0.25, -0.2) is 4.79 Å². The number of ether oxygens (including phenoxy) is 6. The van der Waals surface area contributed by atoms with E-state index in [2.05, 4.69) is 12.2 Å². The molecule has 3 N–H and O–H groups in total. The van der Waals surface area contributed by atoms with E-state index in [1.165, 1.54) is 57.8 Å². The Balaban J connectivity index is 1.21. The van der Waals surface area contributed by atoms with Crippen molar-refractivity contribution in [3.05, 3.63) is 179 Å². The van der Waals surface area contributed by atoms with E-state index in [4.69, 9.17) is 28.4 Å². The number of carbonyl (C=O) groups excluding carboxylic acids is 1. The van der Waals surface area contributed by atoms with E-state index in [0.717, 1.165) is 47.1 Å². The third-order valence-corrected chi connectivity index (χ3v) is 13.4. The van der Waals surface area contributed by atoms with E-state index < -0.39 is 54.9 Å². The molecule has 5 aromatic rings. The summed E-state index contributed by atoms with van der Waals surface area (Å²) < 4.78 is 40.0. The summed E-state index contributed by atoms with van der Waals surface area (Å²) in [4.78, 5) is 13.6. The van der Waals surface area contributed by atoms with E-state index in [0.29, 0.717) is 32.7 Å². The number of rotatable bonds is 34. The number of carbonyl (C=O) groups is 1. The average molecular weight is 972 g/mol. The van der Waals surface area contributed by atoms with Crippen LogP contribution in [0.4, 0.5) is 4.79 Å². The fourth-order valence-corrected chi connectivity index (χ4v) is 9.34. The molecule has 8 atom stereocenters. The highest BCUT2D eigenvalue weighted by molar-refractivity contribution is 5.67. The molecule has 0 aliphatic carbocycles. The van der Waals surface area contributed by atoms with Gasteiger partial charge in [0.15, 0.2) is 0 Å². The Labute approximate surface area is 424 Å². The van der Waals surface area contributed by atoms with Gasteiger partial charge in [-0.3, -0.25) is 0 Å². The molecule has 71 heavy (non-hydrogen) atoms. The quantitative estimate of drug-likeness (QED) is 0.0346. The molecular formula is C61H81NO9. The molecule has 0 saturated carbocycles. The van der Waals surface area contributed by atoms with E-state index >= 15 is 0 Å². The Morgan fingerprint density at radius 1 is 0.493 bits per heavy atom. The zero-order valence-corrected chi connectivity index (χ0v) is 42.2. The molecule has 10 nitrogen and oxygen atoms in total. The first kappa shape index (κ1) is 55.4. The molecule has 1 saturated heterocycles. The summed E-state index contributed by atoms with van der Waals surface area (Å²) in [5.41, 5.74) is 4.87. The lowest BCUT2D eigenvalue weighted by atomic mass is 9.89. The summed E-state index contributed by atoms with van der Waals surface area (Å²) in [7, 11) is 0. The highest BCUT2D eigenvalue weighted by Gasteiger charge is 2.48. The molecule has 1 aliphatic heterocycles. The van der Waals surface area contributed by atoms with Gasteiger partial charge in [0.1, 0.15) is 37.1 Å². The minimum Gasteiger partial charge on any atom is -0.445 e. The standard InChI is InChI=1S/C61H81NO9/c1-2-3-4-5-6-7-8-9-10-11-12-28-39-54(63)57(64)53(62-61(65)70-46-52-37-26-17-27-38-52)40-41-55-58(67-43-49-31-20-14-21-32-49)60(69-45-51-35-24-16-25-36-51)59(68-44-50-33-22-15-23-34-50)56(71-55)47-66-42-48-29-18-13-19-30-48/h13-27,29-38,53-60,63-64H,2-12,28,39-47H2,1H3,(H,62,65)/t53-,54+,55+,56?,57-,58?,59-,60-/m0/s1. The second kappa shape index (κ2) is 32.9. The van der Waals surface area contributed by atoms with Gasteiger partial charge in [0.05, 0.1) is 51.3 Å². The Hall–Kier alpha value is -4.91. The normalized spacial score (nSPS) is 19.2. The summed E-state index contributed by atoms with van der Waals surface area (Å²) in [6.45, 7) is 3.79. The average Bonchev–Trinajstić information content (AvgIpc) is 3.41. The van der Waals surface area contributed by atoms with Gasteiger partial charge >= 0.3 is 6.09 Å². The molecule has 10 heteroatoms. The minimum atomic E-state index is -1.27. The van der Waals surface area contributed by atoms with Gasteiger partial charge in [-0.2, -0.15) is 0 Å². The molecular weight excluding hydrogens is 891 g/mol. The van der Waals surface area contributed by atoms with Gasteiger partial charge in [0, 0.05) is 0 Å². The molecule has 1 heterocycles. The molecule has 0 spiro atoms. The number of hydrogen-bond donors (Lipinski definition) is 3. The molecule has 1 aliphatic rings. The lowest BCUT2D eigenvalue weighted by Gasteiger charge is -2.46. The summed E-state index contributed by atoms with van der Waals surface area (Å²) in [6, 6.07) is 48.7. The van der Waals surface area contributed by atoms with Crippen molar-refractivity contribution in [3.8, 4) is 0 Å². The van der Waals surface area contributed by atoms with E-state index in [9.17, 15) is 15.0 Å². The van der Waals surface area contributed by atoms with Crippen LogP contribution in [0.5, 0.6) is 0 Å². The van der Waals surface area contributed by atoms with Crippen LogP contribution in [0.1, 0.15) is 131 Å². The maximum absolute atomic E-state index is 13.6. The zero-order chi connectivity index (χ0) is 49.6. The van der Waals surface area contributed by atoms with Crippen molar-refractivity contribution in [2.45, 2.75) is 185 Å². The molecule has 384 valence electrons. The monoisotopic (exact) mass is 972 g/mol. The van der Waals surface area contributed by atoms with Crippen LogP contribution in [0.2, 0.25) is 0 Å². The first-order chi connectivity index (χ1) is 35.0. The molecule has 1 amide bonds. The number of nitrogens with one attached hydrogen (secondary N) is 1. The third kappa shape index (κ3) is 20.6. The first-order valence-corrected chi connectivity index (χ1v) is 26.5. The molecule has 0 bridgehead atoms. The fraction of sp³-hybridized carbons (Fsp3) is 0.492. The Kier molecular flexibility index (Phi) is 25.7. The number of aliphatic hydroxyl groups excluding tert-OH is 2. The van der Waals surface area contributed by atoms with Crippen LogP contribution in [-0.4, -0.2) is 71.7 Å². The number of unbranched alkanes of at least 4 members (excludes halogenated alkanes) is 11. The number of alkyl carbamates (subject to hydrolysis) is 1. The largest absolute Gasteiger partial charge is 0.445 e. The molecule has 6 rings (SSSR count). The van der Waals surface area contributed by atoms with E-state index in [1.54, 1.807) is 0 Å². The van der Waals surface area contributed by atoms with Crippen LogP contribution < -0.4 is 5.32 Å². The zero-order valence-electron chi connectivity index (χ0n) is 42.2. The van der Waals surface area contributed by atoms with E-state index in [1.807, 2.05) is 152 Å². The van der Waals surface area contributed by atoms with Crippen molar-refractivity contribution in [2.24, 2.45) is 0 Å². The van der Waals surface area contributed by atoms with Gasteiger partial charge in [-0.05, 0) is 47.1 Å². The minimum absolute atomic E-state index is 0.0630. The van der Waals surface area contributed by atoms with Crippen molar-refractivity contribution < 1.29 is 43.4 Å². The first-order valence-electron chi connectivity index (χ1n) is 26.5. The van der Waals surface area contributed by atoms with Crippen LogP contribution >= 0.6 is 0 Å². The van der Waals surface area contributed by atoms with Crippen molar-refractivity contribution in [1.82, 2.24) is 5.32 Å². The summed E-state index contributed by atoms with van der Waals surface area (Å²) >= 11 is 0. The second-order valence-corrected chi connectivity index (χ2v) is 19.1. The van der Waals surface area contributed by atoms with Crippen molar-refractivity contribution >= 4 is 6.09 Å². The van der Waals surface area contributed by atoms with Crippen LogP contribution in [0.15, 0.2) is 152 Å². The Morgan fingerprint density at radius 3 is 1.35 bits per heavy atom. The van der Waals surface area contributed by atoms with Crippen LogP contribution in [0.3, 0.4) is 0 Å². The number of amides is 1. The molecule has 0 radical (unpaired) electrons. The predicted octanol–water partition coefficient (Wildman–Crippen LogP) is 12.6. The summed E-state index contributed by atoms with van der Waals surface area (Å²) in [6.07, 6.45) is 9.31. The molecule has 2 unspecified atom stereocenters. The van der Waals surface area contributed by atoms with Gasteiger partial charge in [0.25, 0.3) is 0 Å². The highest BCUT2D eigenvalue weighted by atomic mass is 16.6. The number of hydrogen-bond acceptors (Lipinski definition) is 9. The molecule has 0 aromatic heterocycles. The fourth-order valence-electron chi connectivity index (χ4n) is 9.34. The summed E-state index contributed by atoms with van der Waals surface area (Å²) in [5, 5.41) is 26.4. The smallest absolute Gasteiger partial charge is 0.407 e. The number of aliphatic hydroxyl groups is 2. The van der Waals surface area contributed by atoms with Gasteiger partial charge in [-0.1, -0.05) is 236 Å². The third-order valence-electron chi connectivity index (χ3n) is 13.4. The second-order valence-electron chi connectivity index (χ2n) is 19.1. The Bertz CT molecular complexity index is 2100. The molecule has 5 aromatic carbocycles. The maximum Gasteiger partial charge on any atom is 0.407 e. The van der Waals surface area contributed by atoms with Crippen molar-refractivity contribution in [3.63, 3.8) is 0 Å². The topological polar surface area (TPSA) is 125 Å². The van der Waals surface area contributed by atoms with Crippen molar-refractivity contribution in [1.29, 1.82) is 0 Å². The van der Waals surface area contributed by atoms with E-state index in [-0.39, 0.29) is 26.2 Å². The van der Waals surface area contributed by atoms with Crippen LogP contribution in [0.25, 0.3) is 0 Å². The van der Waals surface area contributed by atoms with Gasteiger partial charge in [-0.15, -0.1) is 0 Å². The SMILES string of the molecule is CCCCCCCCCCCCCC[C@@H](O)[C@@H](O)[C@H](CC[C@H]1OC(COCc2ccccc2)[C@H](OCc2ccccc2)[C@@H](OCc2ccccc2)C1OCc1ccccc1)NC(=O)OCc1ccccc1. The predicted molar refractivity (Wildman–Crippen MR) is 280 cm³/mol. The molecule has 1 fully saturated rings. The Morgan fingerprint density at radius 2 is 0.887 bits per heavy atom. The van der Waals surface area contributed by atoms with Crippen molar-refractivity contribution in [2.75, 3.05) is 6.61 Å². The maximum atomic E-state index is 13.6. The lowest BCUT2D eigenvalue weighted by Crippen LogP contribution is -2.61. The summed E-state index contributed by atoms with van der Waals surface area (Å²) in [5.74, 6) is 0.